The first kappa shape index (κ1) is 24.9. The maximum Gasteiger partial charge on any atom is 0.407 e. The zero-order valence-electron chi connectivity index (χ0n) is 17.0. The summed E-state index contributed by atoms with van der Waals surface area (Å²) in [5.74, 6) is -0.502. The number of carboxylic acid groups (broad SMARTS) is 1. The van der Waals surface area contributed by atoms with E-state index >= 15 is 0 Å². The molecule has 0 fully saturated rings. The van der Waals surface area contributed by atoms with E-state index in [9.17, 15) is 24.6 Å². The van der Waals surface area contributed by atoms with E-state index in [-0.39, 0.29) is 26.1 Å². The van der Waals surface area contributed by atoms with Crippen molar-refractivity contribution in [2.75, 3.05) is 19.6 Å². The Morgan fingerprint density at radius 1 is 1.11 bits per heavy atom. The number of nitrogens with zero attached hydrogens (tertiary/aromatic N) is 1. The van der Waals surface area contributed by atoms with Gasteiger partial charge in [0, 0.05) is 18.6 Å². The average Bonchev–Trinajstić information content (AvgIpc) is 2.46. The normalized spacial score (nSPS) is 14.1. The number of hydrogen-bond donors (Lipinski definition) is 5. The first-order valence-corrected chi connectivity index (χ1v) is 8.82. The van der Waals surface area contributed by atoms with Crippen LogP contribution < -0.4 is 16.4 Å². The third kappa shape index (κ3) is 11.3. The number of aliphatic hydroxyl groups excluding tert-OH is 1. The third-order valence-electron chi connectivity index (χ3n) is 3.41. The quantitative estimate of drug-likeness (QED) is 0.404. The minimum atomic E-state index is -1.15. The molecule has 6 N–H and O–H groups in total. The van der Waals surface area contributed by atoms with Crippen LogP contribution in [-0.4, -0.2) is 76.1 Å². The monoisotopic (exact) mass is 390 g/mol. The predicted octanol–water partition coefficient (Wildman–Crippen LogP) is 0.484. The Morgan fingerprint density at radius 3 is 2.11 bits per heavy atom. The van der Waals surface area contributed by atoms with Crippen molar-refractivity contribution in [1.29, 1.82) is 0 Å². The molecule has 0 spiro atoms. The van der Waals surface area contributed by atoms with E-state index in [1.807, 2.05) is 0 Å². The molecular formula is C17H34N4O6. The van der Waals surface area contributed by atoms with Crippen molar-refractivity contribution in [3.63, 3.8) is 0 Å². The highest BCUT2D eigenvalue weighted by atomic mass is 16.6. The van der Waals surface area contributed by atoms with E-state index in [1.165, 1.54) is 0 Å². The summed E-state index contributed by atoms with van der Waals surface area (Å²) in [4.78, 5) is 35.8. The van der Waals surface area contributed by atoms with Gasteiger partial charge < -0.3 is 36.2 Å². The van der Waals surface area contributed by atoms with Crippen LogP contribution in [0.3, 0.4) is 0 Å². The van der Waals surface area contributed by atoms with Crippen molar-refractivity contribution in [3.8, 4) is 0 Å². The minimum Gasteiger partial charge on any atom is -0.465 e. The van der Waals surface area contributed by atoms with Crippen LogP contribution in [0, 0.1) is 0 Å². The predicted molar refractivity (Wildman–Crippen MR) is 100 cm³/mol. The molecule has 3 amide bonds. The number of amides is 3. The summed E-state index contributed by atoms with van der Waals surface area (Å²) in [5, 5.41) is 24.2. The van der Waals surface area contributed by atoms with Gasteiger partial charge in [-0.3, -0.25) is 4.79 Å². The molecule has 0 heterocycles. The molecule has 2 atom stereocenters. The molecular weight excluding hydrogens is 356 g/mol. The number of carbonyl (C=O) groups excluding carboxylic acids is 2. The van der Waals surface area contributed by atoms with Crippen LogP contribution in [-0.2, 0) is 9.53 Å². The van der Waals surface area contributed by atoms with Crippen molar-refractivity contribution in [3.05, 3.63) is 0 Å². The zero-order valence-corrected chi connectivity index (χ0v) is 17.0. The molecule has 10 nitrogen and oxygen atoms in total. The molecule has 0 aliphatic heterocycles. The summed E-state index contributed by atoms with van der Waals surface area (Å²) in [6.07, 6.45) is -2.64. The van der Waals surface area contributed by atoms with Gasteiger partial charge in [-0.2, -0.15) is 0 Å². The SMILES string of the molecule is CC(C)(C)OC(=O)NCC[C@H](N)C(=O)NCC(O)CN(C(=O)O)C(C)(C)C. The first-order chi connectivity index (χ1) is 12.1. The van der Waals surface area contributed by atoms with E-state index in [0.717, 1.165) is 4.90 Å². The van der Waals surface area contributed by atoms with Gasteiger partial charge in [0.1, 0.15) is 5.60 Å². The fraction of sp³-hybridized carbons (Fsp3) is 0.824. The number of nitrogens with two attached hydrogens (primary N) is 1. The first-order valence-electron chi connectivity index (χ1n) is 8.82. The Labute approximate surface area is 160 Å². The second-order valence-electron chi connectivity index (χ2n) is 8.29. The lowest BCUT2D eigenvalue weighted by molar-refractivity contribution is -0.123. The summed E-state index contributed by atoms with van der Waals surface area (Å²) < 4.78 is 5.07. The van der Waals surface area contributed by atoms with Gasteiger partial charge in [-0.05, 0) is 48.0 Å². The van der Waals surface area contributed by atoms with Gasteiger partial charge in [-0.25, -0.2) is 9.59 Å². The lowest BCUT2D eigenvalue weighted by Crippen LogP contribution is -2.51. The van der Waals surface area contributed by atoms with Gasteiger partial charge >= 0.3 is 12.2 Å². The molecule has 0 aromatic rings. The van der Waals surface area contributed by atoms with E-state index in [1.54, 1.807) is 41.5 Å². The van der Waals surface area contributed by atoms with Gasteiger partial charge in [0.25, 0.3) is 0 Å². The Hall–Kier alpha value is -2.07. The zero-order chi connectivity index (χ0) is 21.4. The number of ether oxygens (including phenoxy) is 1. The fourth-order valence-corrected chi connectivity index (χ4v) is 2.04. The van der Waals surface area contributed by atoms with E-state index in [4.69, 9.17) is 10.5 Å². The van der Waals surface area contributed by atoms with Crippen molar-refractivity contribution < 1.29 is 29.3 Å². The highest BCUT2D eigenvalue weighted by Gasteiger charge is 2.28. The van der Waals surface area contributed by atoms with E-state index in [2.05, 4.69) is 10.6 Å². The molecule has 0 saturated carbocycles. The number of alkyl carbamates (subject to hydrolysis) is 1. The average molecular weight is 390 g/mol. The van der Waals surface area contributed by atoms with Crippen LogP contribution in [0.15, 0.2) is 0 Å². The Bertz CT molecular complexity index is 513. The van der Waals surface area contributed by atoms with E-state index < -0.39 is 41.4 Å². The molecule has 0 bridgehead atoms. The molecule has 0 saturated heterocycles. The highest BCUT2D eigenvalue weighted by molar-refractivity contribution is 5.81. The summed E-state index contributed by atoms with van der Waals surface area (Å²) in [6, 6.07) is -0.884. The topological polar surface area (TPSA) is 154 Å². The van der Waals surface area contributed by atoms with Crippen LogP contribution in [0.4, 0.5) is 9.59 Å². The largest absolute Gasteiger partial charge is 0.465 e. The van der Waals surface area contributed by atoms with Crippen molar-refractivity contribution in [2.45, 2.75) is 71.2 Å². The van der Waals surface area contributed by atoms with Crippen molar-refractivity contribution >= 4 is 18.1 Å². The lowest BCUT2D eigenvalue weighted by atomic mass is 10.1. The third-order valence-corrected chi connectivity index (χ3v) is 3.41. The summed E-state index contributed by atoms with van der Waals surface area (Å²) >= 11 is 0. The Kier molecular flexibility index (Phi) is 9.52. The van der Waals surface area contributed by atoms with Gasteiger partial charge in [-0.15, -0.1) is 0 Å². The summed E-state index contributed by atoms with van der Waals surface area (Å²) in [6.45, 7) is 10.2. The smallest absolute Gasteiger partial charge is 0.407 e. The van der Waals surface area contributed by atoms with Crippen LogP contribution >= 0.6 is 0 Å². The lowest BCUT2D eigenvalue weighted by Gasteiger charge is -2.34. The van der Waals surface area contributed by atoms with Crippen LogP contribution in [0.25, 0.3) is 0 Å². The van der Waals surface area contributed by atoms with E-state index in [0.29, 0.717) is 0 Å². The van der Waals surface area contributed by atoms with Gasteiger partial charge in [0.2, 0.25) is 5.91 Å². The molecule has 0 aliphatic carbocycles. The maximum atomic E-state index is 11.9. The van der Waals surface area contributed by atoms with Crippen LogP contribution in [0.2, 0.25) is 0 Å². The number of rotatable bonds is 8. The molecule has 0 aromatic heterocycles. The molecule has 27 heavy (non-hydrogen) atoms. The van der Waals surface area contributed by atoms with Crippen LogP contribution in [0.1, 0.15) is 48.0 Å². The molecule has 0 aliphatic rings. The molecule has 158 valence electrons. The number of β-amino-alcohol motifs (C(OH)–C–C–N with tert-alkyl or cyclic N) is 1. The van der Waals surface area contributed by atoms with Gasteiger partial charge in [-0.1, -0.05) is 0 Å². The fourth-order valence-electron chi connectivity index (χ4n) is 2.04. The van der Waals surface area contributed by atoms with Gasteiger partial charge in [0.05, 0.1) is 18.7 Å². The molecule has 10 heteroatoms. The highest BCUT2D eigenvalue weighted by Crippen LogP contribution is 2.13. The van der Waals surface area contributed by atoms with Crippen molar-refractivity contribution in [1.82, 2.24) is 15.5 Å². The van der Waals surface area contributed by atoms with Crippen LogP contribution in [0.5, 0.6) is 0 Å². The number of hydrogen-bond acceptors (Lipinski definition) is 6. The molecule has 1 unspecified atom stereocenters. The summed E-state index contributed by atoms with van der Waals surface area (Å²) in [5.41, 5.74) is 4.45. The number of aliphatic hydroxyl groups is 1. The number of carbonyl (C=O) groups is 3. The molecule has 0 rings (SSSR count). The second-order valence-corrected chi connectivity index (χ2v) is 8.29. The summed E-state index contributed by atoms with van der Waals surface area (Å²) in [7, 11) is 0. The Balaban J connectivity index is 4.26. The maximum absolute atomic E-state index is 11.9. The van der Waals surface area contributed by atoms with Gasteiger partial charge in [0.15, 0.2) is 0 Å². The molecule has 0 radical (unpaired) electrons. The standard InChI is InChI=1S/C17H34N4O6/c1-16(2,3)21(15(25)26)10-11(22)9-20-13(23)12(18)7-8-19-14(24)27-17(4,5)6/h11-12,22H,7-10,18H2,1-6H3,(H,19,24)(H,20,23)(H,25,26)/t11?,12-/m0/s1. The number of nitrogens with one attached hydrogen (secondary N) is 2. The molecule has 0 aromatic carbocycles. The Morgan fingerprint density at radius 2 is 1.67 bits per heavy atom. The second kappa shape index (κ2) is 10.3. The minimum absolute atomic E-state index is 0.133. The van der Waals surface area contributed by atoms with Crippen molar-refractivity contribution in [2.24, 2.45) is 5.73 Å².